The summed E-state index contributed by atoms with van der Waals surface area (Å²) in [6.07, 6.45) is 7.24. The van der Waals surface area contributed by atoms with Crippen LogP contribution in [0.15, 0.2) is 120 Å². The zero-order valence-electron chi connectivity index (χ0n) is 23.9. The molecule has 5 aromatic rings. The Morgan fingerprint density at radius 3 is 2.32 bits per heavy atom. The van der Waals surface area contributed by atoms with Crippen LogP contribution in [-0.2, 0) is 6.42 Å². The van der Waals surface area contributed by atoms with Crippen LogP contribution in [0.25, 0.3) is 22.4 Å². The summed E-state index contributed by atoms with van der Waals surface area (Å²) in [6.45, 7) is 2.59. The molecule has 2 atom stereocenters. The highest BCUT2D eigenvalue weighted by molar-refractivity contribution is 5.99. The van der Waals surface area contributed by atoms with E-state index in [1.54, 1.807) is 12.2 Å². The van der Waals surface area contributed by atoms with Gasteiger partial charge in [0, 0.05) is 47.1 Å². The van der Waals surface area contributed by atoms with Gasteiger partial charge in [-0.15, -0.1) is 0 Å². The fraction of sp³-hybridized carbons (Fsp3) is 0.147. The Kier molecular flexibility index (Phi) is 8.13. The number of hydrogen-bond donors (Lipinski definition) is 3. The number of anilines is 3. The molecule has 0 fully saturated rings. The largest absolute Gasteiger partial charge is 0.437 e. The van der Waals surface area contributed by atoms with E-state index < -0.39 is 0 Å². The van der Waals surface area contributed by atoms with Crippen LogP contribution in [-0.4, -0.2) is 27.5 Å². The number of urea groups is 1. The topological polar surface area (TPSA) is 135 Å². The van der Waals surface area contributed by atoms with Gasteiger partial charge in [0.05, 0.1) is 10.3 Å². The average molecular weight is 587 g/mol. The Hall–Kier alpha value is -5.77. The minimum Gasteiger partial charge on any atom is -0.437 e. The highest BCUT2D eigenvalue weighted by Gasteiger charge is 2.32. The maximum absolute atomic E-state index is 12.3. The Morgan fingerprint density at radius 1 is 0.932 bits per heavy atom. The molecule has 2 amide bonds. The van der Waals surface area contributed by atoms with Crippen LogP contribution in [0.1, 0.15) is 24.0 Å². The molecule has 44 heavy (non-hydrogen) atoms. The zero-order valence-corrected chi connectivity index (χ0v) is 23.9. The van der Waals surface area contributed by atoms with Crippen molar-refractivity contribution in [2.45, 2.75) is 19.3 Å². The van der Waals surface area contributed by atoms with E-state index in [4.69, 9.17) is 4.42 Å². The first-order valence-electron chi connectivity index (χ1n) is 14.3. The summed E-state index contributed by atoms with van der Waals surface area (Å²) in [5.74, 6) is 0.888. The molecule has 220 valence electrons. The van der Waals surface area contributed by atoms with Gasteiger partial charge in [0.15, 0.2) is 0 Å². The molecule has 3 N–H and O–H groups in total. The molecule has 0 aliphatic heterocycles. The Morgan fingerprint density at radius 2 is 1.61 bits per heavy atom. The molecular weight excluding hydrogens is 556 g/mol. The molecule has 10 heteroatoms. The Bertz CT molecular complexity index is 1850. The van der Waals surface area contributed by atoms with Gasteiger partial charge in [-0.3, -0.25) is 10.1 Å². The second-order valence-corrected chi connectivity index (χ2v) is 10.5. The van der Waals surface area contributed by atoms with Gasteiger partial charge in [-0.25, -0.2) is 14.8 Å². The average Bonchev–Trinajstić information content (AvgIpc) is 3.43. The van der Waals surface area contributed by atoms with Crippen molar-refractivity contribution >= 4 is 34.3 Å². The lowest BCUT2D eigenvalue weighted by Gasteiger charge is -2.21. The number of para-hydroxylation sites is 1. The summed E-state index contributed by atoms with van der Waals surface area (Å²) in [7, 11) is 0. The van der Waals surface area contributed by atoms with E-state index in [2.05, 4.69) is 25.9 Å². The monoisotopic (exact) mass is 586 g/mol. The van der Waals surface area contributed by atoms with Gasteiger partial charge in [0.1, 0.15) is 17.9 Å². The van der Waals surface area contributed by atoms with Crippen molar-refractivity contribution in [2.24, 2.45) is 5.92 Å². The highest BCUT2D eigenvalue weighted by Crippen LogP contribution is 2.45. The molecule has 0 spiro atoms. The van der Waals surface area contributed by atoms with E-state index in [0.29, 0.717) is 47.0 Å². The van der Waals surface area contributed by atoms with Crippen molar-refractivity contribution in [3.63, 3.8) is 0 Å². The van der Waals surface area contributed by atoms with Crippen LogP contribution in [0.2, 0.25) is 0 Å². The van der Waals surface area contributed by atoms with Crippen molar-refractivity contribution < 1.29 is 14.1 Å². The third kappa shape index (κ3) is 6.19. The number of carbonyl (C=O) groups is 1. The first-order valence-corrected chi connectivity index (χ1v) is 14.3. The smallest absolute Gasteiger partial charge is 0.323 e. The van der Waals surface area contributed by atoms with Gasteiger partial charge in [-0.05, 0) is 42.2 Å². The number of hydrogen-bond acceptors (Lipinski definition) is 7. The highest BCUT2D eigenvalue weighted by atomic mass is 16.6. The number of nitrogens with one attached hydrogen (secondary N) is 3. The van der Waals surface area contributed by atoms with Gasteiger partial charge >= 0.3 is 6.03 Å². The molecule has 1 aliphatic carbocycles. The van der Waals surface area contributed by atoms with Crippen LogP contribution < -0.4 is 16.0 Å². The number of amides is 2. The van der Waals surface area contributed by atoms with Crippen molar-refractivity contribution in [3.05, 3.63) is 136 Å². The summed E-state index contributed by atoms with van der Waals surface area (Å²) in [5.41, 5.74) is 4.60. The van der Waals surface area contributed by atoms with Crippen LogP contribution in [0.3, 0.4) is 0 Å². The van der Waals surface area contributed by atoms with Crippen molar-refractivity contribution in [3.8, 4) is 11.3 Å². The minimum atomic E-state index is -0.369. The number of benzene rings is 3. The number of allylic oxidation sites excluding steroid dienone is 3. The maximum Gasteiger partial charge on any atom is 0.323 e. The molecular formula is C34H30N6O4. The molecule has 0 bridgehead atoms. The van der Waals surface area contributed by atoms with Crippen molar-refractivity contribution in [2.75, 3.05) is 22.5 Å². The Labute approximate surface area is 253 Å². The third-order valence-corrected chi connectivity index (χ3v) is 7.54. The van der Waals surface area contributed by atoms with E-state index >= 15 is 0 Å². The van der Waals surface area contributed by atoms with Crippen LogP contribution in [0.5, 0.6) is 0 Å². The summed E-state index contributed by atoms with van der Waals surface area (Å²) >= 11 is 0. The van der Waals surface area contributed by atoms with Crippen LogP contribution in [0.4, 0.5) is 22.0 Å². The molecule has 3 aromatic carbocycles. The van der Waals surface area contributed by atoms with Crippen LogP contribution in [0, 0.1) is 16.0 Å². The fourth-order valence-electron chi connectivity index (χ4n) is 5.34. The summed E-state index contributed by atoms with van der Waals surface area (Å²) in [5, 5.41) is 21.5. The fourth-order valence-corrected chi connectivity index (χ4v) is 5.34. The molecule has 2 heterocycles. The molecule has 1 aliphatic rings. The van der Waals surface area contributed by atoms with Gasteiger partial charge in [-0.1, -0.05) is 73.7 Å². The number of carbonyl (C=O) groups excluding carboxylic acids is 1. The number of rotatable bonds is 9. The standard InChI is InChI=1S/C34H30N6O4/c1-22-12-17-27(40(42)43)20-28(22)29-30-32(36-21-37-33(30)44-31(29)24-8-4-2-5-9-24)35-19-18-23-13-15-26(16-14-23)39-34(41)38-25-10-6-3-7-11-25/h2-17,20-22,28H,18-19H2,1H3,(H,35,36,37)(H2,38,39,41). The lowest BCUT2D eigenvalue weighted by molar-refractivity contribution is -0.419. The third-order valence-electron chi connectivity index (χ3n) is 7.54. The zero-order chi connectivity index (χ0) is 30.5. The second kappa shape index (κ2) is 12.6. The predicted octanol–water partition coefficient (Wildman–Crippen LogP) is 7.64. The van der Waals surface area contributed by atoms with Gasteiger partial charge < -0.3 is 20.4 Å². The number of nitrogens with zero attached hydrogens (tertiary/aromatic N) is 3. The first kappa shape index (κ1) is 28.4. The summed E-state index contributed by atoms with van der Waals surface area (Å²) in [6, 6.07) is 26.3. The van der Waals surface area contributed by atoms with E-state index in [9.17, 15) is 14.9 Å². The molecule has 10 nitrogen and oxygen atoms in total. The second-order valence-electron chi connectivity index (χ2n) is 10.5. The van der Waals surface area contributed by atoms with Gasteiger partial charge in [0.25, 0.3) is 5.70 Å². The first-order chi connectivity index (χ1) is 21.5. The number of aromatic nitrogens is 2. The normalized spacial score (nSPS) is 15.9. The lowest BCUT2D eigenvalue weighted by Crippen LogP contribution is -2.19. The van der Waals surface area contributed by atoms with E-state index in [1.807, 2.05) is 97.9 Å². The SMILES string of the molecule is CC1C=CC([N+](=O)[O-])=CC1c1c(-c2ccccc2)oc2ncnc(NCCc3ccc(NC(=O)Nc4ccccc4)cc3)c12. The molecule has 0 radical (unpaired) electrons. The van der Waals surface area contributed by atoms with Gasteiger partial charge in [-0.2, -0.15) is 0 Å². The summed E-state index contributed by atoms with van der Waals surface area (Å²) in [4.78, 5) is 32.6. The number of nitro groups is 1. The summed E-state index contributed by atoms with van der Waals surface area (Å²) < 4.78 is 6.32. The maximum atomic E-state index is 12.3. The van der Waals surface area contributed by atoms with Gasteiger partial charge in [0.2, 0.25) is 5.71 Å². The molecule has 0 saturated carbocycles. The minimum absolute atomic E-state index is 0.0167. The molecule has 6 rings (SSSR count). The number of furan rings is 1. The lowest BCUT2D eigenvalue weighted by atomic mass is 9.81. The molecule has 0 saturated heterocycles. The quantitative estimate of drug-likeness (QED) is 0.119. The van der Waals surface area contributed by atoms with E-state index in [0.717, 1.165) is 16.7 Å². The predicted molar refractivity (Wildman–Crippen MR) is 171 cm³/mol. The van der Waals surface area contributed by atoms with Crippen molar-refractivity contribution in [1.82, 2.24) is 9.97 Å². The number of fused-ring (bicyclic) bond motifs is 1. The molecule has 2 unspecified atom stereocenters. The van der Waals surface area contributed by atoms with Crippen LogP contribution >= 0.6 is 0 Å². The molecule has 2 aromatic heterocycles. The Balaban J connectivity index is 1.22. The van der Waals surface area contributed by atoms with Crippen molar-refractivity contribution in [1.29, 1.82) is 0 Å². The van der Waals surface area contributed by atoms with E-state index in [1.165, 1.54) is 6.33 Å². The van der Waals surface area contributed by atoms with E-state index in [-0.39, 0.29) is 28.5 Å².